The molecule has 0 amide bonds. The molecule has 0 radical (unpaired) electrons. The minimum absolute atomic E-state index is 0.00698. The first-order chi connectivity index (χ1) is 13.5. The fourth-order valence-corrected chi connectivity index (χ4v) is 7.80. The molecule has 4 aliphatic rings. The normalized spacial score (nSPS) is 48.3. The Morgan fingerprint density at radius 1 is 1.24 bits per heavy atom. The van der Waals surface area contributed by atoms with Crippen molar-refractivity contribution in [2.24, 2.45) is 34.5 Å². The second kappa shape index (κ2) is 6.37. The number of hydrogen-bond acceptors (Lipinski definition) is 5. The van der Waals surface area contributed by atoms with E-state index in [4.69, 9.17) is 4.74 Å². The average Bonchev–Trinajstić information content (AvgIpc) is 2.89. The Labute approximate surface area is 172 Å². The second-order valence-electron chi connectivity index (χ2n) is 10.3. The number of aliphatic hydroxyl groups excluding tert-OH is 1. The molecular weight excluding hydrogens is 368 g/mol. The summed E-state index contributed by atoms with van der Waals surface area (Å²) in [7, 11) is 0. The van der Waals surface area contributed by atoms with E-state index in [1.807, 2.05) is 13.0 Å². The molecule has 3 fully saturated rings. The van der Waals surface area contributed by atoms with Crippen molar-refractivity contribution in [1.82, 2.24) is 0 Å². The Hall–Kier alpha value is -1.75. The molecule has 5 heteroatoms. The SMILES string of the molecule is CC(=O)OC1(C(C)=O)CCC2C3CC(C)C4=CC(=O)C=CC4(C)C3C(O)CC21C. The highest BCUT2D eigenvalue weighted by molar-refractivity contribution is 6.01. The molecule has 0 spiro atoms. The van der Waals surface area contributed by atoms with E-state index in [0.717, 1.165) is 18.4 Å². The number of ether oxygens (including phenoxy) is 1. The zero-order valence-electron chi connectivity index (χ0n) is 18.0. The third-order valence-electron chi connectivity index (χ3n) is 8.82. The number of ketones is 2. The molecular formula is C24H32O5. The fourth-order valence-electron chi connectivity index (χ4n) is 7.80. The number of esters is 1. The Morgan fingerprint density at radius 2 is 1.93 bits per heavy atom. The summed E-state index contributed by atoms with van der Waals surface area (Å²) >= 11 is 0. The maximum absolute atomic E-state index is 12.8. The van der Waals surface area contributed by atoms with E-state index < -0.39 is 23.1 Å². The van der Waals surface area contributed by atoms with E-state index in [0.29, 0.717) is 12.8 Å². The van der Waals surface area contributed by atoms with Gasteiger partial charge < -0.3 is 9.84 Å². The van der Waals surface area contributed by atoms with E-state index in [2.05, 4.69) is 13.8 Å². The number of allylic oxidation sites excluding steroid dienone is 4. The van der Waals surface area contributed by atoms with Crippen LogP contribution in [0.3, 0.4) is 0 Å². The fraction of sp³-hybridized carbons (Fsp3) is 0.708. The van der Waals surface area contributed by atoms with Crippen LogP contribution in [0.4, 0.5) is 0 Å². The highest BCUT2D eigenvalue weighted by Gasteiger charge is 2.70. The summed E-state index contributed by atoms with van der Waals surface area (Å²) < 4.78 is 5.76. The van der Waals surface area contributed by atoms with Crippen molar-refractivity contribution in [1.29, 1.82) is 0 Å². The van der Waals surface area contributed by atoms with Gasteiger partial charge in [0, 0.05) is 23.7 Å². The quantitative estimate of drug-likeness (QED) is 0.719. The average molecular weight is 401 g/mol. The molecule has 158 valence electrons. The summed E-state index contributed by atoms with van der Waals surface area (Å²) in [5, 5.41) is 11.4. The van der Waals surface area contributed by atoms with Gasteiger partial charge in [0.1, 0.15) is 0 Å². The summed E-state index contributed by atoms with van der Waals surface area (Å²) in [4.78, 5) is 36.8. The van der Waals surface area contributed by atoms with E-state index in [-0.39, 0.29) is 40.7 Å². The maximum atomic E-state index is 12.8. The predicted molar refractivity (Wildman–Crippen MR) is 108 cm³/mol. The zero-order chi connectivity index (χ0) is 21.4. The van der Waals surface area contributed by atoms with Gasteiger partial charge in [-0.25, -0.2) is 0 Å². The Kier molecular flexibility index (Phi) is 4.51. The van der Waals surface area contributed by atoms with Crippen LogP contribution >= 0.6 is 0 Å². The van der Waals surface area contributed by atoms with Crippen LogP contribution < -0.4 is 0 Å². The van der Waals surface area contributed by atoms with Gasteiger partial charge >= 0.3 is 5.97 Å². The lowest BCUT2D eigenvalue weighted by Crippen LogP contribution is -2.62. The Balaban J connectivity index is 1.80. The summed E-state index contributed by atoms with van der Waals surface area (Å²) in [5.41, 5.74) is -0.991. The summed E-state index contributed by atoms with van der Waals surface area (Å²) in [6.07, 6.45) is 7.36. The first-order valence-corrected chi connectivity index (χ1v) is 10.8. The van der Waals surface area contributed by atoms with E-state index >= 15 is 0 Å². The summed E-state index contributed by atoms with van der Waals surface area (Å²) in [6, 6.07) is 0. The molecule has 1 N–H and O–H groups in total. The van der Waals surface area contributed by atoms with E-state index in [1.54, 1.807) is 12.2 Å². The minimum Gasteiger partial charge on any atom is -0.451 e. The number of hydrogen-bond donors (Lipinski definition) is 1. The monoisotopic (exact) mass is 400 g/mol. The number of aliphatic hydroxyl groups is 1. The van der Waals surface area contributed by atoms with Crippen LogP contribution in [0.2, 0.25) is 0 Å². The van der Waals surface area contributed by atoms with Crippen LogP contribution in [0.25, 0.3) is 0 Å². The standard InChI is InChI=1S/C24H32O5/c1-13-10-17-18-7-9-24(14(2)25,29-15(3)26)23(18,5)12-20(28)21(17)22(4)8-6-16(27)11-19(13)22/h6,8,11,13,17-18,20-21,28H,7,9-10,12H2,1-5H3. The van der Waals surface area contributed by atoms with Gasteiger partial charge in [-0.1, -0.05) is 32.4 Å². The Bertz CT molecular complexity index is 840. The van der Waals surface area contributed by atoms with Crippen LogP contribution in [-0.4, -0.2) is 34.3 Å². The van der Waals surface area contributed by atoms with Gasteiger partial charge in [0.05, 0.1) is 6.10 Å². The lowest BCUT2D eigenvalue weighted by molar-refractivity contribution is -0.197. The molecule has 0 aromatic heterocycles. The number of rotatable bonds is 2. The van der Waals surface area contributed by atoms with Gasteiger partial charge in [-0.2, -0.15) is 0 Å². The van der Waals surface area contributed by atoms with Crippen LogP contribution in [-0.2, 0) is 19.1 Å². The molecule has 0 aliphatic heterocycles. The first kappa shape index (κ1) is 20.5. The van der Waals surface area contributed by atoms with Crippen molar-refractivity contribution in [2.45, 2.75) is 72.0 Å². The molecule has 29 heavy (non-hydrogen) atoms. The van der Waals surface area contributed by atoms with Crippen LogP contribution in [0, 0.1) is 34.5 Å². The maximum Gasteiger partial charge on any atom is 0.303 e. The summed E-state index contributed by atoms with van der Waals surface area (Å²) in [6.45, 7) is 9.20. The lowest BCUT2D eigenvalue weighted by atomic mass is 9.44. The molecule has 0 heterocycles. The summed E-state index contributed by atoms with van der Waals surface area (Å²) in [5.74, 6) is 0.0627. The van der Waals surface area contributed by atoms with Crippen molar-refractivity contribution in [3.8, 4) is 0 Å². The highest BCUT2D eigenvalue weighted by atomic mass is 16.6. The predicted octanol–water partition coefficient (Wildman–Crippen LogP) is 3.40. The molecule has 8 unspecified atom stereocenters. The molecule has 4 aliphatic carbocycles. The number of fused-ring (bicyclic) bond motifs is 5. The van der Waals surface area contributed by atoms with Gasteiger partial charge in [0.2, 0.25) is 0 Å². The largest absolute Gasteiger partial charge is 0.451 e. The molecule has 0 aromatic carbocycles. The third kappa shape index (κ3) is 2.59. The van der Waals surface area contributed by atoms with Gasteiger partial charge in [0.15, 0.2) is 17.2 Å². The topological polar surface area (TPSA) is 80.7 Å². The van der Waals surface area contributed by atoms with Gasteiger partial charge in [-0.15, -0.1) is 0 Å². The van der Waals surface area contributed by atoms with Crippen LogP contribution in [0.15, 0.2) is 23.8 Å². The molecule has 0 bridgehead atoms. The van der Waals surface area contributed by atoms with Gasteiger partial charge in [-0.05, 0) is 62.5 Å². The third-order valence-corrected chi connectivity index (χ3v) is 8.82. The number of Topliss-reactive ketones (excluding diaryl/α,β-unsaturated/α-hetero) is 1. The Morgan fingerprint density at radius 3 is 2.55 bits per heavy atom. The second-order valence-corrected chi connectivity index (χ2v) is 10.3. The number of carbonyl (C=O) groups is 3. The van der Waals surface area contributed by atoms with E-state index in [9.17, 15) is 19.5 Å². The molecule has 8 atom stereocenters. The highest BCUT2D eigenvalue weighted by Crippen LogP contribution is 2.68. The van der Waals surface area contributed by atoms with E-state index in [1.165, 1.54) is 13.8 Å². The first-order valence-electron chi connectivity index (χ1n) is 10.8. The number of carbonyl (C=O) groups excluding carboxylic acids is 3. The molecule has 0 saturated heterocycles. The minimum atomic E-state index is -1.16. The van der Waals surface area contributed by atoms with Crippen LogP contribution in [0.1, 0.15) is 60.3 Å². The zero-order valence-corrected chi connectivity index (χ0v) is 18.0. The molecule has 4 rings (SSSR count). The van der Waals surface area contributed by atoms with Gasteiger partial charge in [0.25, 0.3) is 0 Å². The smallest absolute Gasteiger partial charge is 0.303 e. The van der Waals surface area contributed by atoms with Crippen molar-refractivity contribution < 1.29 is 24.2 Å². The lowest BCUT2D eigenvalue weighted by Gasteiger charge is -2.61. The van der Waals surface area contributed by atoms with Crippen molar-refractivity contribution in [2.75, 3.05) is 0 Å². The van der Waals surface area contributed by atoms with Crippen LogP contribution in [0.5, 0.6) is 0 Å². The molecule has 0 aromatic rings. The molecule has 5 nitrogen and oxygen atoms in total. The molecule has 3 saturated carbocycles. The van der Waals surface area contributed by atoms with Crippen molar-refractivity contribution in [3.05, 3.63) is 23.8 Å². The van der Waals surface area contributed by atoms with Gasteiger partial charge in [-0.3, -0.25) is 14.4 Å². The van der Waals surface area contributed by atoms with Crippen molar-refractivity contribution >= 4 is 17.5 Å². The van der Waals surface area contributed by atoms with Crippen molar-refractivity contribution in [3.63, 3.8) is 0 Å².